The first-order valence-corrected chi connectivity index (χ1v) is 12.6. The molecule has 8 N–H and O–H groups in total. The molecular weight excluding hydrogens is 454 g/mol. The molecular formula is C17H27N3O9P2. The summed E-state index contributed by atoms with van der Waals surface area (Å²) < 4.78 is 38.8. The van der Waals surface area contributed by atoms with Gasteiger partial charge in [-0.05, 0) is 24.9 Å². The third-order valence-corrected chi connectivity index (χ3v) is 8.69. The fourth-order valence-corrected chi connectivity index (χ4v) is 5.20. The first-order valence-electron chi connectivity index (χ1n) is 10.4. The first-order chi connectivity index (χ1) is 15.2. The van der Waals surface area contributed by atoms with Crippen LogP contribution in [-0.4, -0.2) is 66.8 Å². The largest absolute Gasteiger partial charge is 0.369 e. The molecule has 2 atom stereocenters. The zero-order chi connectivity index (χ0) is 25.0. The van der Waals surface area contributed by atoms with Crippen LogP contribution in [0.15, 0.2) is 30.3 Å². The number of aliphatic hydroxyl groups is 1. The third-order valence-electron chi connectivity index (χ3n) is 4.82. The maximum atomic E-state index is 12.8. The Hall–Kier alpha value is -1.62. The average Bonchev–Trinajstić information content (AvgIpc) is 3.23. The highest BCUT2D eigenvalue weighted by Crippen LogP contribution is 2.68. The number of carbonyl (C=O) groups excluding carboxylic acids is 2. The molecule has 0 unspecified atom stereocenters. The Morgan fingerprint density at radius 3 is 2.32 bits per heavy atom. The minimum absolute atomic E-state index is 0.0362. The lowest BCUT2D eigenvalue weighted by Gasteiger charge is -2.29. The standard InChI is InChI=1S/C17H27N3O9P2/c21-15(19-10-8-17(23,30(24,25)26)31(27,28)29)14(11-12-5-2-1-3-6-12)20-16(22)13-7-4-9-18-13/h1-3,5-6,13-14,18,23H,4,7-11H2,(H,19,21)(H,20,22)(H2,24,25,26)(H2,27,28,29)/t13-,14-/m0/s1/i5T,6T,17+2. The monoisotopic (exact) mass is 485 g/mol. The topological polar surface area (TPSA) is 206 Å². The van der Waals surface area contributed by atoms with Crippen LogP contribution in [-0.2, 0) is 25.1 Å². The molecule has 2 amide bonds. The molecule has 1 aromatic carbocycles. The van der Waals surface area contributed by atoms with E-state index in [0.29, 0.717) is 13.0 Å². The van der Waals surface area contributed by atoms with Crippen LogP contribution in [0.5, 0.6) is 0 Å². The van der Waals surface area contributed by atoms with Gasteiger partial charge in [0.1, 0.15) is 6.04 Å². The Morgan fingerprint density at radius 1 is 1.19 bits per heavy atom. The number of nitrogens with one attached hydrogen (secondary N) is 3. The molecule has 0 radical (unpaired) electrons. The SMILES string of the molecule is [3H]c1cccc([3H])c1C[C@H](NC(=O)[C@@H]1CCCN1)C(=O)NCC[14C](O)(P(=O)(O)O)P(=O)(O)O. The maximum Gasteiger partial charge on any atom is 0.369 e. The summed E-state index contributed by atoms with van der Waals surface area (Å²) in [6, 6.07) is 2.38. The van der Waals surface area contributed by atoms with Gasteiger partial charge in [0.2, 0.25) is 11.8 Å². The van der Waals surface area contributed by atoms with Crippen molar-refractivity contribution in [3.63, 3.8) is 0 Å². The fraction of sp³-hybridized carbons (Fsp3) is 0.529. The number of benzene rings is 1. The van der Waals surface area contributed by atoms with E-state index in [1.165, 1.54) is 18.2 Å². The summed E-state index contributed by atoms with van der Waals surface area (Å²) in [4.78, 5) is 62.1. The summed E-state index contributed by atoms with van der Waals surface area (Å²) in [6.07, 6.45) is -0.123. The van der Waals surface area contributed by atoms with Crippen LogP contribution in [0.1, 0.15) is 27.6 Å². The van der Waals surface area contributed by atoms with Crippen LogP contribution in [0.25, 0.3) is 0 Å². The van der Waals surface area contributed by atoms with Crippen LogP contribution in [0, 0.1) is 0 Å². The Balaban J connectivity index is 2.18. The van der Waals surface area contributed by atoms with E-state index in [4.69, 9.17) is 2.74 Å². The van der Waals surface area contributed by atoms with Gasteiger partial charge in [0.05, 0.1) is 8.78 Å². The third kappa shape index (κ3) is 6.68. The molecule has 0 saturated carbocycles. The van der Waals surface area contributed by atoms with Crippen molar-refractivity contribution in [3.05, 3.63) is 35.8 Å². The Labute approximate surface area is 181 Å². The minimum atomic E-state index is -5.68. The van der Waals surface area contributed by atoms with Crippen molar-refractivity contribution in [1.82, 2.24) is 16.0 Å². The normalized spacial score (nSPS) is 19.3. The molecule has 1 heterocycles. The van der Waals surface area contributed by atoms with E-state index >= 15 is 0 Å². The first kappa shape index (κ1) is 22.6. The predicted molar refractivity (Wildman–Crippen MR) is 110 cm³/mol. The van der Waals surface area contributed by atoms with Crippen LogP contribution < -0.4 is 16.0 Å². The molecule has 1 saturated heterocycles. The van der Waals surface area contributed by atoms with E-state index < -0.39 is 57.1 Å². The number of amides is 2. The molecule has 174 valence electrons. The number of hydrogen-bond donors (Lipinski definition) is 8. The van der Waals surface area contributed by atoms with Gasteiger partial charge in [-0.1, -0.05) is 30.3 Å². The van der Waals surface area contributed by atoms with Gasteiger partial charge in [0.15, 0.2) is 0 Å². The average molecular weight is 485 g/mol. The quantitative estimate of drug-likeness (QED) is 0.189. The maximum absolute atomic E-state index is 12.8. The van der Waals surface area contributed by atoms with Crippen LogP contribution in [0.2, 0.25) is 0 Å². The molecule has 31 heavy (non-hydrogen) atoms. The molecule has 1 aromatic rings. The summed E-state index contributed by atoms with van der Waals surface area (Å²) in [7, 11) is -11.4. The Kier molecular flexibility index (Phi) is 7.52. The number of rotatable bonds is 10. The van der Waals surface area contributed by atoms with E-state index in [1.807, 2.05) is 0 Å². The molecule has 0 bridgehead atoms. The summed E-state index contributed by atoms with van der Waals surface area (Å²) in [6.45, 7) is -0.124. The Morgan fingerprint density at radius 2 is 1.81 bits per heavy atom. The van der Waals surface area contributed by atoms with Crippen molar-refractivity contribution < 1.29 is 46.1 Å². The highest BCUT2D eigenvalue weighted by Gasteiger charge is 2.58. The molecule has 1 aliphatic heterocycles. The smallest absolute Gasteiger partial charge is 0.367 e. The van der Waals surface area contributed by atoms with Crippen molar-refractivity contribution >= 4 is 27.0 Å². The van der Waals surface area contributed by atoms with E-state index in [0.717, 1.165) is 6.42 Å². The van der Waals surface area contributed by atoms with Crippen molar-refractivity contribution in [2.75, 3.05) is 13.1 Å². The second-order valence-electron chi connectivity index (χ2n) is 7.11. The second kappa shape index (κ2) is 10.3. The molecule has 14 heteroatoms. The number of carbonyl (C=O) groups is 2. The molecule has 1 aliphatic rings. The van der Waals surface area contributed by atoms with E-state index in [1.54, 1.807) is 0 Å². The van der Waals surface area contributed by atoms with Crippen molar-refractivity contribution in [2.45, 2.75) is 42.9 Å². The van der Waals surface area contributed by atoms with E-state index in [-0.39, 0.29) is 24.1 Å². The Bertz CT molecular complexity index is 936. The minimum Gasteiger partial charge on any atom is -0.367 e. The zero-order valence-corrected chi connectivity index (χ0v) is 18.2. The van der Waals surface area contributed by atoms with Crippen LogP contribution >= 0.6 is 15.2 Å². The lowest BCUT2D eigenvalue weighted by molar-refractivity contribution is -0.129. The second-order valence-corrected chi connectivity index (χ2v) is 11.1. The lowest BCUT2D eigenvalue weighted by Crippen LogP contribution is -2.52. The highest BCUT2D eigenvalue weighted by atomic mass is 31.3. The highest BCUT2D eigenvalue weighted by molar-refractivity contribution is 7.72. The van der Waals surface area contributed by atoms with Gasteiger partial charge >= 0.3 is 15.2 Å². The van der Waals surface area contributed by atoms with Gasteiger partial charge in [0, 0.05) is 19.4 Å². The molecule has 0 spiro atoms. The molecule has 2 rings (SSSR count). The van der Waals surface area contributed by atoms with Gasteiger partial charge < -0.3 is 40.6 Å². The molecule has 0 aromatic heterocycles. The van der Waals surface area contributed by atoms with E-state index in [2.05, 4.69) is 16.0 Å². The zero-order valence-electron chi connectivity index (χ0n) is 18.4. The predicted octanol–water partition coefficient (Wildman–Crippen LogP) is -1.03. The molecule has 1 fully saturated rings. The van der Waals surface area contributed by atoms with Gasteiger partial charge in [0.25, 0.3) is 5.08 Å². The molecule has 0 aliphatic carbocycles. The fourth-order valence-electron chi connectivity index (χ4n) is 3.04. The van der Waals surface area contributed by atoms with Crippen molar-refractivity contribution in [1.29, 1.82) is 0 Å². The van der Waals surface area contributed by atoms with Gasteiger partial charge in [-0.15, -0.1) is 0 Å². The summed E-state index contributed by atoms with van der Waals surface area (Å²) >= 11 is 0. The van der Waals surface area contributed by atoms with E-state index in [9.17, 15) is 43.4 Å². The van der Waals surface area contributed by atoms with Gasteiger partial charge in [-0.3, -0.25) is 18.7 Å². The van der Waals surface area contributed by atoms with Crippen LogP contribution in [0.3, 0.4) is 0 Å². The van der Waals surface area contributed by atoms with Gasteiger partial charge in [-0.25, -0.2) is 0 Å². The van der Waals surface area contributed by atoms with Crippen molar-refractivity contribution in [3.8, 4) is 0 Å². The van der Waals surface area contributed by atoms with Gasteiger partial charge in [-0.2, -0.15) is 0 Å². The lowest BCUT2D eigenvalue weighted by atomic mass is 10.0. The summed E-state index contributed by atoms with van der Waals surface area (Å²) in [5, 5.41) is 13.9. The summed E-state index contributed by atoms with van der Waals surface area (Å²) in [5.41, 5.74) is 0.166. The molecule has 12 nitrogen and oxygen atoms in total. The number of hydrogen-bond acceptors (Lipinski definition) is 6. The van der Waals surface area contributed by atoms with Crippen LogP contribution in [0.4, 0.5) is 0 Å². The summed E-state index contributed by atoms with van der Waals surface area (Å²) in [5.74, 6) is -1.38. The van der Waals surface area contributed by atoms with Crippen molar-refractivity contribution in [2.24, 2.45) is 0 Å².